The summed E-state index contributed by atoms with van der Waals surface area (Å²) in [5, 5.41) is 13.2. The summed E-state index contributed by atoms with van der Waals surface area (Å²) in [4.78, 5) is 15.0. The van der Waals surface area contributed by atoms with Gasteiger partial charge in [-0.3, -0.25) is 4.79 Å². The molecule has 3 aliphatic rings. The van der Waals surface area contributed by atoms with E-state index in [9.17, 15) is 23.1 Å². The smallest absolute Gasteiger partial charge is 0.225 e. The zero-order valence-electron chi connectivity index (χ0n) is 18.8. The minimum Gasteiger partial charge on any atom is -0.393 e. The van der Waals surface area contributed by atoms with Gasteiger partial charge in [-0.1, -0.05) is 26.0 Å². The van der Waals surface area contributed by atoms with E-state index in [-0.39, 0.29) is 47.3 Å². The van der Waals surface area contributed by atoms with Crippen LogP contribution in [0.3, 0.4) is 0 Å². The summed E-state index contributed by atoms with van der Waals surface area (Å²) in [5.41, 5.74) is 0.989. The van der Waals surface area contributed by atoms with Gasteiger partial charge in [-0.15, -0.1) is 0 Å². The molecule has 176 valence electrons. The van der Waals surface area contributed by atoms with Crippen molar-refractivity contribution in [3.8, 4) is 0 Å². The molecule has 4 atom stereocenters. The second-order valence-electron chi connectivity index (χ2n) is 10.2. The fourth-order valence-corrected chi connectivity index (χ4v) is 6.04. The molecular formula is C26H29F3N2O2. The Morgan fingerprint density at radius 1 is 1.12 bits per heavy atom. The van der Waals surface area contributed by atoms with Crippen molar-refractivity contribution in [2.45, 2.75) is 50.7 Å². The Labute approximate surface area is 191 Å². The molecule has 1 aliphatic carbocycles. The van der Waals surface area contributed by atoms with Gasteiger partial charge in [0.25, 0.3) is 0 Å². The molecule has 1 saturated carbocycles. The molecule has 0 aromatic heterocycles. The maximum atomic E-state index is 14.7. The van der Waals surface area contributed by atoms with Gasteiger partial charge in [-0.25, -0.2) is 13.2 Å². The van der Waals surface area contributed by atoms with Crippen LogP contribution < -0.4 is 5.32 Å². The monoisotopic (exact) mass is 458 g/mol. The number of halogens is 3. The first-order valence-electron chi connectivity index (χ1n) is 11.7. The molecule has 4 nitrogen and oxygen atoms in total. The molecule has 2 heterocycles. The average molecular weight is 459 g/mol. The second-order valence-corrected chi connectivity index (χ2v) is 10.2. The van der Waals surface area contributed by atoms with Gasteiger partial charge in [0.2, 0.25) is 5.91 Å². The van der Waals surface area contributed by atoms with Crippen molar-refractivity contribution >= 4 is 11.6 Å². The number of nitrogens with one attached hydrogen (secondary N) is 1. The normalized spacial score (nSPS) is 33.3. The highest BCUT2D eigenvalue weighted by Crippen LogP contribution is 2.59. The number of hydrogen-bond donors (Lipinski definition) is 2. The van der Waals surface area contributed by atoms with Crippen molar-refractivity contribution in [1.29, 1.82) is 0 Å². The molecule has 1 saturated heterocycles. The molecule has 2 aromatic carbocycles. The van der Waals surface area contributed by atoms with Crippen LogP contribution in [0, 0.1) is 35.2 Å². The van der Waals surface area contributed by atoms with E-state index in [1.807, 2.05) is 18.7 Å². The van der Waals surface area contributed by atoms with Crippen LogP contribution in [-0.4, -0.2) is 35.1 Å². The van der Waals surface area contributed by atoms with Crippen LogP contribution in [-0.2, 0) is 10.2 Å². The number of hydrogen-bond acceptors (Lipinski definition) is 3. The first-order chi connectivity index (χ1) is 15.7. The van der Waals surface area contributed by atoms with Crippen LogP contribution in [0.5, 0.6) is 0 Å². The Morgan fingerprint density at radius 3 is 2.48 bits per heavy atom. The molecule has 2 aromatic rings. The number of amides is 1. The predicted molar refractivity (Wildman–Crippen MR) is 119 cm³/mol. The molecule has 2 aliphatic heterocycles. The lowest BCUT2D eigenvalue weighted by atomic mass is 9.56. The van der Waals surface area contributed by atoms with Gasteiger partial charge in [0.1, 0.15) is 17.5 Å². The van der Waals surface area contributed by atoms with Crippen LogP contribution in [0.4, 0.5) is 18.9 Å². The summed E-state index contributed by atoms with van der Waals surface area (Å²) in [6, 6.07) is 7.99. The van der Waals surface area contributed by atoms with E-state index in [2.05, 4.69) is 5.32 Å². The second kappa shape index (κ2) is 8.05. The fourth-order valence-electron chi connectivity index (χ4n) is 6.04. The summed E-state index contributed by atoms with van der Waals surface area (Å²) in [7, 11) is 0. The first-order valence-corrected chi connectivity index (χ1v) is 11.7. The van der Waals surface area contributed by atoms with Gasteiger partial charge in [-0.2, -0.15) is 0 Å². The summed E-state index contributed by atoms with van der Waals surface area (Å²) in [6.07, 6.45) is 1.47. The van der Waals surface area contributed by atoms with Gasteiger partial charge in [0.05, 0.1) is 17.8 Å². The van der Waals surface area contributed by atoms with Crippen molar-refractivity contribution < 1.29 is 23.1 Å². The lowest BCUT2D eigenvalue weighted by Crippen LogP contribution is -2.52. The lowest BCUT2D eigenvalue weighted by molar-refractivity contribution is -0.144. The average Bonchev–Trinajstić information content (AvgIpc) is 3.03. The largest absolute Gasteiger partial charge is 0.393 e. The molecule has 0 bridgehead atoms. The van der Waals surface area contributed by atoms with E-state index < -0.39 is 17.0 Å². The molecule has 0 spiro atoms. The number of benzene rings is 2. The molecule has 2 unspecified atom stereocenters. The molecule has 7 heteroatoms. The van der Waals surface area contributed by atoms with Gasteiger partial charge in [0, 0.05) is 30.5 Å². The number of anilines is 1. The lowest BCUT2D eigenvalue weighted by Gasteiger charge is -2.49. The van der Waals surface area contributed by atoms with Crippen LogP contribution in [0.1, 0.15) is 50.3 Å². The molecule has 0 radical (unpaired) electrons. The third-order valence-corrected chi connectivity index (χ3v) is 8.23. The molecule has 2 fully saturated rings. The fraction of sp³-hybridized carbons (Fsp3) is 0.500. The number of carbonyl (C=O) groups excluding carboxylic acids is 1. The number of rotatable bonds is 3. The maximum absolute atomic E-state index is 14.7. The maximum Gasteiger partial charge on any atom is 0.225 e. The van der Waals surface area contributed by atoms with E-state index in [0.717, 1.165) is 11.6 Å². The number of likely N-dealkylation sites (tertiary alicyclic amines) is 1. The quantitative estimate of drug-likeness (QED) is 0.696. The Morgan fingerprint density at radius 2 is 1.82 bits per heavy atom. The Hall–Kier alpha value is -2.54. The van der Waals surface area contributed by atoms with Gasteiger partial charge in [-0.05, 0) is 60.4 Å². The van der Waals surface area contributed by atoms with Crippen molar-refractivity contribution in [3.63, 3.8) is 0 Å². The minimum absolute atomic E-state index is 0.0317. The molecule has 33 heavy (non-hydrogen) atoms. The van der Waals surface area contributed by atoms with Crippen LogP contribution in [0.15, 0.2) is 36.4 Å². The minimum atomic E-state index is -0.654. The van der Waals surface area contributed by atoms with Gasteiger partial charge in [0.15, 0.2) is 0 Å². The summed E-state index contributed by atoms with van der Waals surface area (Å²) >= 11 is 0. The highest BCUT2D eigenvalue weighted by atomic mass is 19.1. The molecule has 5 rings (SSSR count). The number of aliphatic hydroxyl groups excluding tert-OH is 1. The van der Waals surface area contributed by atoms with E-state index in [4.69, 9.17) is 0 Å². The summed E-state index contributed by atoms with van der Waals surface area (Å²) in [5.74, 6) is -1.59. The highest BCUT2D eigenvalue weighted by molar-refractivity contribution is 5.80. The summed E-state index contributed by atoms with van der Waals surface area (Å²) in [6.45, 7) is 5.05. The van der Waals surface area contributed by atoms with Crippen molar-refractivity contribution in [1.82, 2.24) is 4.90 Å². The third kappa shape index (κ3) is 3.61. The Bertz CT molecular complexity index is 1070. The topological polar surface area (TPSA) is 52.6 Å². The number of nitrogens with zero attached hydrogens (tertiary/aromatic N) is 1. The third-order valence-electron chi connectivity index (χ3n) is 8.23. The predicted octanol–water partition coefficient (Wildman–Crippen LogP) is 4.78. The van der Waals surface area contributed by atoms with E-state index in [1.165, 1.54) is 18.2 Å². The number of aliphatic hydroxyl groups is 1. The van der Waals surface area contributed by atoms with E-state index >= 15 is 0 Å². The Balaban J connectivity index is 1.42. The van der Waals surface area contributed by atoms with Crippen LogP contribution >= 0.6 is 0 Å². The standard InChI is InChI=1S/C26H29F3N2O2/c1-14-13-31(8-7-22(14)32)25(33)16-9-17(10-16)26(2)20-11-19(28)12-21(29)23(20)30-24(26)15-3-5-18(27)6-4-15/h3-6,11-12,14,16-17,22,24,30,32H,7-10,13H2,1-2H3/t14-,16?,17?,22-,24?,26?/m0/s1. The van der Waals surface area contributed by atoms with E-state index in [1.54, 1.807) is 12.1 Å². The number of carbonyl (C=O) groups is 1. The summed E-state index contributed by atoms with van der Waals surface area (Å²) < 4.78 is 42.5. The Kier molecular flexibility index (Phi) is 5.43. The van der Waals surface area contributed by atoms with E-state index in [0.29, 0.717) is 37.9 Å². The molecule has 1 amide bonds. The first kappa shape index (κ1) is 22.3. The highest BCUT2D eigenvalue weighted by Gasteiger charge is 2.55. The number of fused-ring (bicyclic) bond motifs is 1. The zero-order chi connectivity index (χ0) is 23.5. The van der Waals surface area contributed by atoms with Gasteiger partial charge < -0.3 is 15.3 Å². The van der Waals surface area contributed by atoms with Crippen molar-refractivity contribution in [3.05, 3.63) is 65.0 Å². The molecule has 2 N–H and O–H groups in total. The van der Waals surface area contributed by atoms with Gasteiger partial charge >= 0.3 is 0 Å². The van der Waals surface area contributed by atoms with Crippen molar-refractivity contribution in [2.75, 3.05) is 18.4 Å². The number of piperidine rings is 1. The molecular weight excluding hydrogens is 429 g/mol. The SMILES string of the molecule is C[C@H]1CN(C(=O)C2CC(C3(C)c4cc(F)cc(F)c4NC3c3ccc(F)cc3)C2)CC[C@@H]1O. The van der Waals surface area contributed by atoms with Crippen LogP contribution in [0.25, 0.3) is 0 Å². The van der Waals surface area contributed by atoms with Crippen molar-refractivity contribution in [2.24, 2.45) is 17.8 Å². The zero-order valence-corrected chi connectivity index (χ0v) is 18.8. The van der Waals surface area contributed by atoms with Crippen LogP contribution in [0.2, 0.25) is 0 Å².